The summed E-state index contributed by atoms with van der Waals surface area (Å²) in [6.07, 6.45) is 1.89. The summed E-state index contributed by atoms with van der Waals surface area (Å²) in [5.74, 6) is -1.21. The lowest BCUT2D eigenvalue weighted by atomic mass is 9.93. The number of rotatable bonds is 8. The Labute approximate surface area is 211 Å². The minimum atomic E-state index is -0.678. The van der Waals surface area contributed by atoms with Crippen LogP contribution in [0, 0.1) is 5.92 Å². The number of aromatic nitrogens is 4. The molecule has 1 aliphatic rings. The van der Waals surface area contributed by atoms with Crippen molar-refractivity contribution < 1.29 is 18.8 Å². The Morgan fingerprint density at radius 3 is 2.68 bits per heavy atom. The van der Waals surface area contributed by atoms with Crippen LogP contribution in [0.3, 0.4) is 0 Å². The molecule has 12 nitrogen and oxygen atoms in total. The molecule has 1 aromatic carbocycles. The topological polar surface area (TPSA) is 144 Å². The molecule has 2 amide bonds. The maximum absolute atomic E-state index is 13.1. The number of ketones is 1. The van der Waals surface area contributed by atoms with Gasteiger partial charge in [0.1, 0.15) is 11.4 Å². The van der Waals surface area contributed by atoms with Crippen LogP contribution in [0.4, 0.5) is 0 Å². The van der Waals surface area contributed by atoms with Crippen molar-refractivity contribution in [2.45, 2.75) is 25.9 Å². The third-order valence-electron chi connectivity index (χ3n) is 6.59. The zero-order valence-electron chi connectivity index (χ0n) is 20.7. The number of likely N-dealkylation sites (tertiary alicyclic amines) is 1. The highest BCUT2D eigenvalue weighted by molar-refractivity contribution is 6.00. The molecule has 2 N–H and O–H groups in total. The molecule has 12 heteroatoms. The highest BCUT2D eigenvalue weighted by Crippen LogP contribution is 2.18. The number of aryl methyl sites for hydroxylation is 1. The molecule has 5 rings (SSSR count). The molecule has 0 bridgehead atoms. The van der Waals surface area contributed by atoms with E-state index in [2.05, 4.69) is 25.6 Å². The first kappa shape index (κ1) is 24.4. The van der Waals surface area contributed by atoms with Gasteiger partial charge in [-0.25, -0.2) is 14.3 Å². The fraction of sp³-hybridized carbons (Fsp3) is 0.360. The molecule has 4 aromatic rings. The normalized spacial score (nSPS) is 15.0. The van der Waals surface area contributed by atoms with Gasteiger partial charge in [-0.3, -0.25) is 19.0 Å². The smallest absolute Gasteiger partial charge is 0.408 e. The number of Topliss-reactive ketones (excluding diaryl/α,β-unsaturated/α-hetero) is 1. The van der Waals surface area contributed by atoms with E-state index in [9.17, 15) is 19.2 Å². The molecule has 0 radical (unpaired) electrons. The molecule has 0 aliphatic carbocycles. The molecule has 0 unspecified atom stereocenters. The van der Waals surface area contributed by atoms with Crippen molar-refractivity contribution in [3.63, 3.8) is 0 Å². The second-order valence-electron chi connectivity index (χ2n) is 9.49. The van der Waals surface area contributed by atoms with Gasteiger partial charge < -0.3 is 20.0 Å². The molecule has 1 saturated heterocycles. The van der Waals surface area contributed by atoms with E-state index in [1.807, 2.05) is 7.05 Å². The van der Waals surface area contributed by atoms with Gasteiger partial charge in [0.15, 0.2) is 17.0 Å². The second kappa shape index (κ2) is 9.62. The SMILES string of the molecule is C[C@H](NC(=O)c1cc(C(=O)NCc2ccc3oc(=O)n(C)c3c2)nc2ccnn12)C(=O)CC1CN(C)C1. The van der Waals surface area contributed by atoms with E-state index in [4.69, 9.17) is 4.42 Å². The number of amides is 2. The van der Waals surface area contributed by atoms with Crippen LogP contribution in [0.5, 0.6) is 0 Å². The summed E-state index contributed by atoms with van der Waals surface area (Å²) in [7, 11) is 3.61. The van der Waals surface area contributed by atoms with Gasteiger partial charge >= 0.3 is 5.76 Å². The predicted octanol–water partition coefficient (Wildman–Crippen LogP) is 0.743. The monoisotopic (exact) mass is 505 g/mol. The van der Waals surface area contributed by atoms with E-state index in [-0.39, 0.29) is 23.7 Å². The molecule has 4 heterocycles. The maximum atomic E-state index is 13.1. The van der Waals surface area contributed by atoms with Crippen molar-refractivity contribution in [3.8, 4) is 0 Å². The first-order valence-corrected chi connectivity index (χ1v) is 11.9. The van der Waals surface area contributed by atoms with Crippen molar-refractivity contribution in [3.05, 3.63) is 64.0 Å². The number of carbonyl (C=O) groups is 3. The van der Waals surface area contributed by atoms with Gasteiger partial charge in [0, 0.05) is 45.2 Å². The number of hydrogen-bond acceptors (Lipinski definition) is 8. The Morgan fingerprint density at radius 1 is 1.14 bits per heavy atom. The fourth-order valence-electron chi connectivity index (χ4n) is 4.52. The molecule has 0 spiro atoms. The molecule has 192 valence electrons. The van der Waals surface area contributed by atoms with Gasteiger partial charge in [0.25, 0.3) is 11.8 Å². The average molecular weight is 506 g/mol. The fourth-order valence-corrected chi connectivity index (χ4v) is 4.52. The second-order valence-corrected chi connectivity index (χ2v) is 9.49. The Kier molecular flexibility index (Phi) is 6.34. The van der Waals surface area contributed by atoms with Crippen LogP contribution in [0.25, 0.3) is 16.7 Å². The maximum Gasteiger partial charge on any atom is 0.419 e. The summed E-state index contributed by atoms with van der Waals surface area (Å²) in [5.41, 5.74) is 2.28. The van der Waals surface area contributed by atoms with E-state index < -0.39 is 23.6 Å². The Balaban J connectivity index is 1.30. The van der Waals surface area contributed by atoms with Crippen molar-refractivity contribution >= 4 is 34.3 Å². The van der Waals surface area contributed by atoms with Gasteiger partial charge in [-0.2, -0.15) is 5.10 Å². The van der Waals surface area contributed by atoms with E-state index in [1.54, 1.807) is 38.2 Å². The highest BCUT2D eigenvalue weighted by Gasteiger charge is 2.28. The van der Waals surface area contributed by atoms with Gasteiger partial charge in [-0.15, -0.1) is 0 Å². The summed E-state index contributed by atoms with van der Waals surface area (Å²) in [4.78, 5) is 56.8. The van der Waals surface area contributed by atoms with E-state index in [1.165, 1.54) is 21.3 Å². The first-order valence-electron chi connectivity index (χ1n) is 11.9. The number of nitrogens with zero attached hydrogens (tertiary/aromatic N) is 5. The predicted molar refractivity (Wildman–Crippen MR) is 133 cm³/mol. The molecular weight excluding hydrogens is 478 g/mol. The average Bonchev–Trinajstić information content (AvgIpc) is 3.44. The van der Waals surface area contributed by atoms with Crippen LogP contribution in [0.2, 0.25) is 0 Å². The molecule has 1 atom stereocenters. The van der Waals surface area contributed by atoms with Gasteiger partial charge in [0.05, 0.1) is 17.8 Å². The van der Waals surface area contributed by atoms with Crippen molar-refractivity contribution in [1.29, 1.82) is 0 Å². The Hall–Kier alpha value is -4.32. The van der Waals surface area contributed by atoms with E-state index >= 15 is 0 Å². The lowest BCUT2D eigenvalue weighted by Gasteiger charge is -2.36. The molecular formula is C25H27N7O5. The lowest BCUT2D eigenvalue weighted by Crippen LogP contribution is -2.47. The van der Waals surface area contributed by atoms with Crippen LogP contribution >= 0.6 is 0 Å². The minimum absolute atomic E-state index is 0.0337. The minimum Gasteiger partial charge on any atom is -0.408 e. The number of hydrogen-bond donors (Lipinski definition) is 2. The summed E-state index contributed by atoms with van der Waals surface area (Å²) < 4.78 is 7.85. The number of nitrogens with one attached hydrogen (secondary N) is 2. The molecule has 0 saturated carbocycles. The summed E-state index contributed by atoms with van der Waals surface area (Å²) in [6, 6.07) is 7.44. The summed E-state index contributed by atoms with van der Waals surface area (Å²) in [6.45, 7) is 3.57. The van der Waals surface area contributed by atoms with Crippen LogP contribution in [0.15, 0.2) is 45.7 Å². The van der Waals surface area contributed by atoms with E-state index in [0.717, 1.165) is 18.7 Å². The third-order valence-corrected chi connectivity index (χ3v) is 6.59. The quantitative estimate of drug-likeness (QED) is 0.357. The molecule has 37 heavy (non-hydrogen) atoms. The Bertz CT molecular complexity index is 1580. The number of benzene rings is 1. The van der Waals surface area contributed by atoms with Crippen LogP contribution < -0.4 is 16.4 Å². The molecule has 3 aromatic heterocycles. The van der Waals surface area contributed by atoms with Crippen molar-refractivity contribution in [2.24, 2.45) is 13.0 Å². The van der Waals surface area contributed by atoms with Gasteiger partial charge in [-0.1, -0.05) is 6.07 Å². The van der Waals surface area contributed by atoms with Crippen LogP contribution in [0.1, 0.15) is 39.9 Å². The van der Waals surface area contributed by atoms with Crippen LogP contribution in [-0.4, -0.2) is 67.8 Å². The molecule has 1 aliphatic heterocycles. The standard InChI is InChI=1S/C25H27N7O5/c1-14(20(33)9-16-12-30(2)13-16)28-24(35)19-10-17(29-22-6-7-27-32(19)22)23(34)26-11-15-4-5-21-18(8-15)31(3)25(36)37-21/h4-8,10,14,16H,9,11-13H2,1-3H3,(H,26,34)(H,28,35)/t14-/m0/s1. The summed E-state index contributed by atoms with van der Waals surface area (Å²) >= 11 is 0. The van der Waals surface area contributed by atoms with Gasteiger partial charge in [0.2, 0.25) is 0 Å². The van der Waals surface area contributed by atoms with Crippen molar-refractivity contribution in [2.75, 3.05) is 20.1 Å². The molecule has 1 fully saturated rings. The van der Waals surface area contributed by atoms with Crippen molar-refractivity contribution in [1.82, 2.24) is 34.7 Å². The van der Waals surface area contributed by atoms with Crippen LogP contribution in [-0.2, 0) is 18.4 Å². The zero-order valence-corrected chi connectivity index (χ0v) is 20.7. The largest absolute Gasteiger partial charge is 0.419 e. The Morgan fingerprint density at radius 2 is 1.92 bits per heavy atom. The first-order chi connectivity index (χ1) is 17.7. The van der Waals surface area contributed by atoms with Gasteiger partial charge in [-0.05, 0) is 37.6 Å². The summed E-state index contributed by atoms with van der Waals surface area (Å²) in [5, 5.41) is 9.66. The van der Waals surface area contributed by atoms with E-state index in [0.29, 0.717) is 29.1 Å². The lowest BCUT2D eigenvalue weighted by molar-refractivity contribution is -0.122. The number of fused-ring (bicyclic) bond motifs is 2. The highest BCUT2D eigenvalue weighted by atomic mass is 16.4. The number of oxazole rings is 1. The zero-order chi connectivity index (χ0) is 26.3. The third kappa shape index (κ3) is 4.87. The number of carbonyl (C=O) groups excluding carboxylic acids is 3.